The van der Waals surface area contributed by atoms with Crippen LogP contribution in [0.4, 0.5) is 0 Å². The first-order valence-corrected chi connectivity index (χ1v) is 7.08. The summed E-state index contributed by atoms with van der Waals surface area (Å²) in [4.78, 5) is 0. The van der Waals surface area contributed by atoms with Crippen LogP contribution in [0.1, 0.15) is 23.5 Å². The molecule has 1 atom stereocenters. The fourth-order valence-electron chi connectivity index (χ4n) is 2.55. The Morgan fingerprint density at radius 3 is 2.20 bits per heavy atom. The van der Waals surface area contributed by atoms with E-state index < -0.39 is 0 Å². The lowest BCUT2D eigenvalue weighted by atomic mass is 9.91. The van der Waals surface area contributed by atoms with Gasteiger partial charge in [-0.1, -0.05) is 91.0 Å². The molecule has 2 aromatic rings. The van der Waals surface area contributed by atoms with Gasteiger partial charge in [0, 0.05) is 5.92 Å². The molecule has 0 aromatic heterocycles. The molecule has 0 heterocycles. The molecule has 0 saturated heterocycles. The van der Waals surface area contributed by atoms with Crippen LogP contribution in [-0.4, -0.2) is 0 Å². The quantitative estimate of drug-likeness (QED) is 0.691. The largest absolute Gasteiger partial charge is 0.0804 e. The van der Waals surface area contributed by atoms with Gasteiger partial charge < -0.3 is 0 Å². The lowest BCUT2D eigenvalue weighted by Crippen LogP contribution is -1.96. The maximum Gasteiger partial charge on any atom is 0.0269 e. The SMILES string of the molecule is C1=CC([C@H](/C=C/c2ccccc2)c2ccccc2)=CC1. The normalized spacial score (nSPS) is 15.5. The molecule has 1 aliphatic carbocycles. The Hall–Kier alpha value is -2.34. The minimum Gasteiger partial charge on any atom is -0.0804 e. The highest BCUT2D eigenvalue weighted by atomic mass is 14.2. The van der Waals surface area contributed by atoms with Gasteiger partial charge in [0.05, 0.1) is 0 Å². The van der Waals surface area contributed by atoms with E-state index in [-0.39, 0.29) is 0 Å². The number of benzene rings is 2. The Labute approximate surface area is 120 Å². The van der Waals surface area contributed by atoms with Crippen LogP contribution in [0.5, 0.6) is 0 Å². The predicted octanol–water partition coefficient (Wildman–Crippen LogP) is 5.37. The molecule has 2 aromatic carbocycles. The van der Waals surface area contributed by atoms with E-state index in [2.05, 4.69) is 85.0 Å². The number of hydrogen-bond donors (Lipinski definition) is 0. The van der Waals surface area contributed by atoms with Gasteiger partial charge in [-0.05, 0) is 23.1 Å². The molecule has 0 radical (unpaired) electrons. The van der Waals surface area contributed by atoms with Gasteiger partial charge in [-0.3, -0.25) is 0 Å². The van der Waals surface area contributed by atoms with Gasteiger partial charge >= 0.3 is 0 Å². The van der Waals surface area contributed by atoms with Crippen LogP contribution in [0, 0.1) is 0 Å². The first-order valence-electron chi connectivity index (χ1n) is 7.08. The molecule has 0 unspecified atom stereocenters. The van der Waals surface area contributed by atoms with Gasteiger partial charge in [0.25, 0.3) is 0 Å². The van der Waals surface area contributed by atoms with Crippen molar-refractivity contribution in [3.05, 3.63) is 102 Å². The number of allylic oxidation sites excluding steroid dienone is 5. The van der Waals surface area contributed by atoms with E-state index in [4.69, 9.17) is 0 Å². The van der Waals surface area contributed by atoms with Crippen LogP contribution in [0.25, 0.3) is 6.08 Å². The molecule has 1 aliphatic rings. The topological polar surface area (TPSA) is 0 Å². The zero-order valence-electron chi connectivity index (χ0n) is 11.4. The molecule has 0 saturated carbocycles. The Balaban J connectivity index is 1.91. The molecule has 0 N–H and O–H groups in total. The molecule has 0 spiro atoms. The van der Waals surface area contributed by atoms with E-state index in [9.17, 15) is 0 Å². The van der Waals surface area contributed by atoms with Crippen LogP contribution in [0.2, 0.25) is 0 Å². The zero-order valence-corrected chi connectivity index (χ0v) is 11.4. The van der Waals surface area contributed by atoms with Crippen LogP contribution in [0.15, 0.2) is 90.5 Å². The van der Waals surface area contributed by atoms with Gasteiger partial charge in [-0.25, -0.2) is 0 Å². The summed E-state index contributed by atoms with van der Waals surface area (Å²) in [6.07, 6.45) is 12.3. The second kappa shape index (κ2) is 6.21. The molecular formula is C20H18. The molecule has 0 amide bonds. The Kier molecular flexibility index (Phi) is 3.93. The lowest BCUT2D eigenvalue weighted by Gasteiger charge is -2.13. The molecule has 0 fully saturated rings. The van der Waals surface area contributed by atoms with Crippen molar-refractivity contribution in [3.63, 3.8) is 0 Å². The third-order valence-corrected chi connectivity index (χ3v) is 3.60. The molecule has 0 heteroatoms. The summed E-state index contributed by atoms with van der Waals surface area (Å²) in [5, 5.41) is 0. The van der Waals surface area contributed by atoms with E-state index >= 15 is 0 Å². The molecular weight excluding hydrogens is 240 g/mol. The monoisotopic (exact) mass is 258 g/mol. The van der Waals surface area contributed by atoms with E-state index in [0.717, 1.165) is 6.42 Å². The summed E-state index contributed by atoms with van der Waals surface area (Å²) in [6.45, 7) is 0. The summed E-state index contributed by atoms with van der Waals surface area (Å²) in [7, 11) is 0. The predicted molar refractivity (Wildman–Crippen MR) is 86.5 cm³/mol. The smallest absolute Gasteiger partial charge is 0.0269 e. The first-order chi connectivity index (χ1) is 9.93. The number of hydrogen-bond acceptors (Lipinski definition) is 0. The summed E-state index contributed by atoms with van der Waals surface area (Å²) in [5.41, 5.74) is 3.98. The highest BCUT2D eigenvalue weighted by Gasteiger charge is 2.12. The molecule has 0 aliphatic heterocycles. The molecule has 0 nitrogen and oxygen atoms in total. The van der Waals surface area contributed by atoms with Gasteiger partial charge in [0.1, 0.15) is 0 Å². The van der Waals surface area contributed by atoms with Crippen molar-refractivity contribution in [2.75, 3.05) is 0 Å². The minimum absolute atomic E-state index is 0.343. The minimum atomic E-state index is 0.343. The summed E-state index contributed by atoms with van der Waals surface area (Å²) < 4.78 is 0. The maximum atomic E-state index is 2.31. The standard InChI is InChI=1S/C20H18/c1-3-9-17(10-4-1)15-16-20(19-13-7-8-14-19)18-11-5-2-6-12-18/h1-7,9-16,20H,8H2/b16-15+/t20-/m1/s1. The molecule has 3 rings (SSSR count). The molecule has 0 bridgehead atoms. The van der Waals surface area contributed by atoms with Gasteiger partial charge in [0.2, 0.25) is 0 Å². The van der Waals surface area contributed by atoms with Crippen molar-refractivity contribution in [1.29, 1.82) is 0 Å². The number of rotatable bonds is 4. The molecule has 98 valence electrons. The van der Waals surface area contributed by atoms with Crippen molar-refractivity contribution >= 4 is 6.08 Å². The zero-order chi connectivity index (χ0) is 13.6. The Bertz CT molecular complexity index is 630. The summed E-state index contributed by atoms with van der Waals surface area (Å²) in [6, 6.07) is 21.2. The lowest BCUT2D eigenvalue weighted by molar-refractivity contribution is 1.03. The Morgan fingerprint density at radius 2 is 1.55 bits per heavy atom. The van der Waals surface area contributed by atoms with Gasteiger partial charge in [0.15, 0.2) is 0 Å². The average molecular weight is 258 g/mol. The van der Waals surface area contributed by atoms with E-state index in [1.54, 1.807) is 0 Å². The highest BCUT2D eigenvalue weighted by Crippen LogP contribution is 2.30. The first kappa shape index (κ1) is 12.7. The van der Waals surface area contributed by atoms with Crippen LogP contribution in [-0.2, 0) is 0 Å². The highest BCUT2D eigenvalue weighted by molar-refractivity contribution is 5.54. The van der Waals surface area contributed by atoms with Gasteiger partial charge in [-0.15, -0.1) is 0 Å². The third-order valence-electron chi connectivity index (χ3n) is 3.60. The van der Waals surface area contributed by atoms with Crippen LogP contribution >= 0.6 is 0 Å². The maximum absolute atomic E-state index is 2.31. The Morgan fingerprint density at radius 1 is 0.850 bits per heavy atom. The third kappa shape index (κ3) is 2.97. The van der Waals surface area contributed by atoms with Crippen molar-refractivity contribution in [1.82, 2.24) is 0 Å². The van der Waals surface area contributed by atoms with E-state index in [1.807, 2.05) is 6.07 Å². The van der Waals surface area contributed by atoms with E-state index in [0.29, 0.717) is 5.92 Å². The van der Waals surface area contributed by atoms with Crippen LogP contribution < -0.4 is 0 Å². The van der Waals surface area contributed by atoms with Crippen molar-refractivity contribution in [2.45, 2.75) is 12.3 Å². The fraction of sp³-hybridized carbons (Fsp3) is 0.100. The van der Waals surface area contributed by atoms with Crippen LogP contribution in [0.3, 0.4) is 0 Å². The van der Waals surface area contributed by atoms with E-state index in [1.165, 1.54) is 16.7 Å². The summed E-state index contributed by atoms with van der Waals surface area (Å²) >= 11 is 0. The van der Waals surface area contributed by atoms with Crippen molar-refractivity contribution < 1.29 is 0 Å². The van der Waals surface area contributed by atoms with Gasteiger partial charge in [-0.2, -0.15) is 0 Å². The fourth-order valence-corrected chi connectivity index (χ4v) is 2.55. The van der Waals surface area contributed by atoms with Crippen molar-refractivity contribution in [3.8, 4) is 0 Å². The molecule has 20 heavy (non-hydrogen) atoms. The average Bonchev–Trinajstić information content (AvgIpc) is 3.04. The van der Waals surface area contributed by atoms with Crippen molar-refractivity contribution in [2.24, 2.45) is 0 Å². The second-order valence-corrected chi connectivity index (χ2v) is 5.00. The summed E-state index contributed by atoms with van der Waals surface area (Å²) in [5.74, 6) is 0.343. The second-order valence-electron chi connectivity index (χ2n) is 5.00.